The van der Waals surface area contributed by atoms with Crippen LogP contribution in [0.15, 0.2) is 24.4 Å². The highest BCUT2D eigenvalue weighted by Gasteiger charge is 2.14. The normalized spacial score (nSPS) is 10.8. The molecule has 2 heterocycles. The van der Waals surface area contributed by atoms with Gasteiger partial charge in [-0.3, -0.25) is 4.98 Å². The van der Waals surface area contributed by atoms with Crippen molar-refractivity contribution >= 4 is 16.5 Å². The Morgan fingerprint density at radius 2 is 2.24 bits per heavy atom. The Kier molecular flexibility index (Phi) is 6.10. The number of rotatable bonds is 8. The lowest BCUT2D eigenvalue weighted by Gasteiger charge is -2.14. The second-order valence-electron chi connectivity index (χ2n) is 4.76. The van der Waals surface area contributed by atoms with E-state index in [1.807, 2.05) is 31.4 Å². The van der Waals surface area contributed by atoms with Gasteiger partial charge in [0.15, 0.2) is 5.13 Å². The SMILES string of the molecule is CCNCc1sc(N(C)Cc2ccccn2)nc1COC. The summed E-state index contributed by atoms with van der Waals surface area (Å²) in [7, 11) is 3.74. The van der Waals surface area contributed by atoms with Crippen LogP contribution in [0.4, 0.5) is 5.13 Å². The zero-order valence-electron chi connectivity index (χ0n) is 12.8. The van der Waals surface area contributed by atoms with Crippen molar-refractivity contribution in [3.8, 4) is 0 Å². The molecule has 2 rings (SSSR count). The number of nitrogens with zero attached hydrogens (tertiary/aromatic N) is 3. The summed E-state index contributed by atoms with van der Waals surface area (Å²) in [5.74, 6) is 0. The van der Waals surface area contributed by atoms with E-state index in [1.165, 1.54) is 4.88 Å². The minimum absolute atomic E-state index is 0.550. The summed E-state index contributed by atoms with van der Waals surface area (Å²) in [5.41, 5.74) is 2.06. The Morgan fingerprint density at radius 3 is 2.90 bits per heavy atom. The molecule has 0 saturated carbocycles. The zero-order valence-corrected chi connectivity index (χ0v) is 13.6. The molecular formula is C15H22N4OS. The first-order chi connectivity index (χ1) is 10.2. The summed E-state index contributed by atoms with van der Waals surface area (Å²) in [4.78, 5) is 12.4. The fourth-order valence-corrected chi connectivity index (χ4v) is 2.95. The van der Waals surface area contributed by atoms with Gasteiger partial charge in [0.25, 0.3) is 0 Å². The first kappa shape index (κ1) is 15.9. The van der Waals surface area contributed by atoms with Crippen LogP contribution >= 0.6 is 11.3 Å². The van der Waals surface area contributed by atoms with Gasteiger partial charge in [-0.05, 0) is 18.7 Å². The minimum atomic E-state index is 0.550. The van der Waals surface area contributed by atoms with Crippen molar-refractivity contribution in [2.24, 2.45) is 0 Å². The van der Waals surface area contributed by atoms with Gasteiger partial charge >= 0.3 is 0 Å². The second-order valence-corrected chi connectivity index (χ2v) is 5.82. The minimum Gasteiger partial charge on any atom is -0.378 e. The van der Waals surface area contributed by atoms with Gasteiger partial charge in [-0.25, -0.2) is 4.98 Å². The van der Waals surface area contributed by atoms with Crippen LogP contribution in [0.1, 0.15) is 23.2 Å². The Morgan fingerprint density at radius 1 is 1.38 bits per heavy atom. The maximum absolute atomic E-state index is 5.25. The largest absolute Gasteiger partial charge is 0.378 e. The molecule has 5 nitrogen and oxygen atoms in total. The van der Waals surface area contributed by atoms with E-state index in [-0.39, 0.29) is 0 Å². The molecule has 0 fully saturated rings. The molecular weight excluding hydrogens is 284 g/mol. The average Bonchev–Trinajstić information content (AvgIpc) is 2.90. The maximum Gasteiger partial charge on any atom is 0.186 e. The van der Waals surface area contributed by atoms with E-state index in [2.05, 4.69) is 22.1 Å². The molecule has 0 saturated heterocycles. The van der Waals surface area contributed by atoms with E-state index >= 15 is 0 Å². The molecule has 2 aromatic heterocycles. The predicted octanol–water partition coefficient (Wildman–Crippen LogP) is 2.43. The topological polar surface area (TPSA) is 50.3 Å². The van der Waals surface area contributed by atoms with Crippen LogP contribution in [0.3, 0.4) is 0 Å². The quantitative estimate of drug-likeness (QED) is 0.812. The summed E-state index contributed by atoms with van der Waals surface area (Å²) in [6.45, 7) is 5.19. The number of ether oxygens (including phenoxy) is 1. The van der Waals surface area contributed by atoms with Crippen LogP contribution in [0.2, 0.25) is 0 Å². The lowest BCUT2D eigenvalue weighted by atomic mass is 10.3. The molecule has 0 aromatic carbocycles. The maximum atomic E-state index is 5.25. The number of anilines is 1. The number of thiazole rings is 1. The van der Waals surface area contributed by atoms with Gasteiger partial charge in [0.1, 0.15) is 0 Å². The lowest BCUT2D eigenvalue weighted by Crippen LogP contribution is -2.16. The van der Waals surface area contributed by atoms with Crippen LogP contribution < -0.4 is 10.2 Å². The van der Waals surface area contributed by atoms with Gasteiger partial charge in [0.05, 0.1) is 24.5 Å². The van der Waals surface area contributed by atoms with Gasteiger partial charge in [-0.2, -0.15) is 0 Å². The van der Waals surface area contributed by atoms with E-state index < -0.39 is 0 Å². The third-order valence-electron chi connectivity index (χ3n) is 3.04. The van der Waals surface area contributed by atoms with E-state index in [1.54, 1.807) is 18.4 Å². The lowest BCUT2D eigenvalue weighted by molar-refractivity contribution is 0.181. The number of aromatic nitrogens is 2. The molecule has 0 aliphatic heterocycles. The molecule has 2 aromatic rings. The standard InChI is InChI=1S/C15H22N4OS/c1-4-16-9-14-13(11-20-3)18-15(21-14)19(2)10-12-7-5-6-8-17-12/h5-8,16H,4,9-11H2,1-3H3. The van der Waals surface area contributed by atoms with E-state index in [0.717, 1.165) is 36.2 Å². The van der Waals surface area contributed by atoms with E-state index in [4.69, 9.17) is 9.72 Å². The molecule has 6 heteroatoms. The summed E-state index contributed by atoms with van der Waals surface area (Å²) < 4.78 is 5.25. The molecule has 0 bridgehead atoms. The molecule has 0 amide bonds. The van der Waals surface area contributed by atoms with Crippen molar-refractivity contribution in [2.75, 3.05) is 25.6 Å². The summed E-state index contributed by atoms with van der Waals surface area (Å²) in [6, 6.07) is 5.96. The van der Waals surface area contributed by atoms with E-state index in [0.29, 0.717) is 6.61 Å². The van der Waals surface area contributed by atoms with Crippen molar-refractivity contribution in [2.45, 2.75) is 26.6 Å². The number of hydrogen-bond donors (Lipinski definition) is 1. The highest BCUT2D eigenvalue weighted by molar-refractivity contribution is 7.15. The molecule has 1 N–H and O–H groups in total. The first-order valence-corrected chi connectivity index (χ1v) is 7.85. The number of hydrogen-bond acceptors (Lipinski definition) is 6. The fraction of sp³-hybridized carbons (Fsp3) is 0.467. The van der Waals surface area contributed by atoms with Crippen molar-refractivity contribution in [1.82, 2.24) is 15.3 Å². The average molecular weight is 306 g/mol. The molecule has 0 spiro atoms. The van der Waals surface area contributed by atoms with Crippen LogP contribution in [0.25, 0.3) is 0 Å². The van der Waals surface area contributed by atoms with Gasteiger partial charge in [0.2, 0.25) is 0 Å². The van der Waals surface area contributed by atoms with Crippen molar-refractivity contribution in [1.29, 1.82) is 0 Å². The molecule has 21 heavy (non-hydrogen) atoms. The number of pyridine rings is 1. The summed E-state index contributed by atoms with van der Waals surface area (Å²) in [6.07, 6.45) is 1.82. The monoisotopic (exact) mass is 306 g/mol. The smallest absolute Gasteiger partial charge is 0.186 e. The van der Waals surface area contributed by atoms with Crippen molar-refractivity contribution < 1.29 is 4.74 Å². The molecule has 0 aliphatic carbocycles. The van der Waals surface area contributed by atoms with Gasteiger partial charge < -0.3 is 15.0 Å². The molecule has 114 valence electrons. The molecule has 0 aliphatic rings. The highest BCUT2D eigenvalue weighted by atomic mass is 32.1. The van der Waals surface area contributed by atoms with Crippen LogP contribution in [0, 0.1) is 0 Å². The van der Waals surface area contributed by atoms with Crippen LogP contribution in [-0.2, 0) is 24.4 Å². The van der Waals surface area contributed by atoms with Gasteiger partial charge in [0, 0.05) is 31.8 Å². The van der Waals surface area contributed by atoms with Gasteiger partial charge in [-0.15, -0.1) is 11.3 Å². The summed E-state index contributed by atoms with van der Waals surface area (Å²) >= 11 is 1.71. The van der Waals surface area contributed by atoms with Crippen molar-refractivity contribution in [3.05, 3.63) is 40.7 Å². The predicted molar refractivity (Wildman–Crippen MR) is 86.6 cm³/mol. The van der Waals surface area contributed by atoms with Crippen LogP contribution in [-0.4, -0.2) is 30.7 Å². The molecule has 0 radical (unpaired) electrons. The first-order valence-electron chi connectivity index (χ1n) is 7.03. The number of nitrogens with one attached hydrogen (secondary N) is 1. The Hall–Kier alpha value is -1.50. The summed E-state index contributed by atoms with van der Waals surface area (Å²) in [5, 5.41) is 4.35. The second kappa shape index (κ2) is 8.07. The molecule has 0 atom stereocenters. The highest BCUT2D eigenvalue weighted by Crippen LogP contribution is 2.27. The third kappa shape index (κ3) is 4.49. The Labute approximate surface area is 130 Å². The zero-order chi connectivity index (χ0) is 15.1. The van der Waals surface area contributed by atoms with Crippen LogP contribution in [0.5, 0.6) is 0 Å². The molecule has 0 unspecified atom stereocenters. The third-order valence-corrected chi connectivity index (χ3v) is 4.25. The Balaban J connectivity index is 2.10. The fourth-order valence-electron chi connectivity index (χ4n) is 1.96. The van der Waals surface area contributed by atoms with Crippen molar-refractivity contribution in [3.63, 3.8) is 0 Å². The van der Waals surface area contributed by atoms with Gasteiger partial charge in [-0.1, -0.05) is 13.0 Å². The van der Waals surface area contributed by atoms with E-state index in [9.17, 15) is 0 Å². The Bertz CT molecular complexity index is 544. The number of methoxy groups -OCH3 is 1.